The summed E-state index contributed by atoms with van der Waals surface area (Å²) in [6, 6.07) is 5.48. The van der Waals surface area contributed by atoms with Crippen molar-refractivity contribution in [1.29, 1.82) is 0 Å². The van der Waals surface area contributed by atoms with Crippen molar-refractivity contribution in [2.45, 2.75) is 39.2 Å². The minimum Gasteiger partial charge on any atom is -0.344 e. The van der Waals surface area contributed by atoms with Crippen LogP contribution in [0.2, 0.25) is 5.02 Å². The fraction of sp³-hybridized carbons (Fsp3) is 0.438. The molecule has 1 fully saturated rings. The first-order chi connectivity index (χ1) is 11.5. The van der Waals surface area contributed by atoms with E-state index in [1.54, 1.807) is 12.1 Å². The maximum Gasteiger partial charge on any atom is 0.325 e. The van der Waals surface area contributed by atoms with Crippen LogP contribution in [0.15, 0.2) is 18.2 Å². The van der Waals surface area contributed by atoms with Crippen LogP contribution >= 0.6 is 22.9 Å². The van der Waals surface area contributed by atoms with Gasteiger partial charge in [-0.05, 0) is 50.8 Å². The van der Waals surface area contributed by atoms with Gasteiger partial charge in [-0.15, -0.1) is 10.2 Å². The van der Waals surface area contributed by atoms with E-state index in [9.17, 15) is 4.79 Å². The van der Waals surface area contributed by atoms with Gasteiger partial charge in [-0.2, -0.15) is 0 Å². The van der Waals surface area contributed by atoms with Crippen molar-refractivity contribution < 1.29 is 4.79 Å². The molecule has 1 aromatic heterocycles. The Morgan fingerprint density at radius 3 is 2.96 bits per heavy atom. The summed E-state index contributed by atoms with van der Waals surface area (Å²) in [5.41, 5.74) is 1.61. The number of carbonyl (C=O) groups excluding carboxylic acids is 1. The lowest BCUT2D eigenvalue weighted by atomic mass is 10.1. The van der Waals surface area contributed by atoms with Crippen LogP contribution in [0, 0.1) is 6.92 Å². The molecule has 0 aliphatic carbocycles. The summed E-state index contributed by atoms with van der Waals surface area (Å²) in [6.07, 6.45) is 3.58. The maximum absolute atomic E-state index is 12.2. The lowest BCUT2D eigenvalue weighted by Crippen LogP contribution is -2.37. The van der Waals surface area contributed by atoms with E-state index in [-0.39, 0.29) is 6.03 Å². The summed E-state index contributed by atoms with van der Waals surface area (Å²) in [6.45, 7) is 5.10. The van der Waals surface area contributed by atoms with Crippen LogP contribution in [0.3, 0.4) is 0 Å². The van der Waals surface area contributed by atoms with Crippen molar-refractivity contribution >= 4 is 44.9 Å². The molecule has 128 valence electrons. The van der Waals surface area contributed by atoms with Gasteiger partial charge in [0, 0.05) is 23.3 Å². The molecule has 1 aromatic carbocycles. The third-order valence-electron chi connectivity index (χ3n) is 4.13. The number of aromatic nitrogens is 2. The largest absolute Gasteiger partial charge is 0.344 e. The van der Waals surface area contributed by atoms with Crippen LogP contribution in [0.5, 0.6) is 0 Å². The average molecular weight is 366 g/mol. The van der Waals surface area contributed by atoms with E-state index in [1.807, 2.05) is 13.0 Å². The molecule has 0 spiro atoms. The topological polar surface area (TPSA) is 70.1 Å². The molecule has 1 atom stereocenters. The van der Waals surface area contributed by atoms with Gasteiger partial charge in [-0.1, -0.05) is 29.0 Å². The van der Waals surface area contributed by atoms with Crippen LogP contribution < -0.4 is 15.5 Å². The van der Waals surface area contributed by atoms with Crippen LogP contribution in [-0.4, -0.2) is 28.8 Å². The first-order valence-electron chi connectivity index (χ1n) is 7.97. The predicted molar refractivity (Wildman–Crippen MR) is 99.4 cm³/mol. The van der Waals surface area contributed by atoms with E-state index in [4.69, 9.17) is 11.6 Å². The molecule has 0 radical (unpaired) electrons. The highest BCUT2D eigenvalue weighted by molar-refractivity contribution is 7.19. The van der Waals surface area contributed by atoms with Gasteiger partial charge >= 0.3 is 6.03 Å². The van der Waals surface area contributed by atoms with E-state index in [2.05, 4.69) is 32.7 Å². The lowest BCUT2D eigenvalue weighted by molar-refractivity contribution is 0.262. The summed E-state index contributed by atoms with van der Waals surface area (Å²) in [5, 5.41) is 15.7. The van der Waals surface area contributed by atoms with Gasteiger partial charge in [-0.3, -0.25) is 5.32 Å². The second-order valence-corrected chi connectivity index (χ2v) is 7.36. The van der Waals surface area contributed by atoms with Crippen molar-refractivity contribution in [3.05, 3.63) is 28.8 Å². The van der Waals surface area contributed by atoms with E-state index in [0.29, 0.717) is 21.9 Å². The Morgan fingerprint density at radius 2 is 2.17 bits per heavy atom. The zero-order valence-electron chi connectivity index (χ0n) is 13.7. The number of hydrogen-bond acceptors (Lipinski definition) is 5. The number of anilines is 3. The molecule has 6 nitrogen and oxygen atoms in total. The smallest absolute Gasteiger partial charge is 0.325 e. The highest BCUT2D eigenvalue weighted by atomic mass is 35.5. The summed E-state index contributed by atoms with van der Waals surface area (Å²) >= 11 is 7.36. The predicted octanol–water partition coefficient (Wildman–Crippen LogP) is 4.52. The standard InChI is InChI=1S/C16H20ClN5OS/c1-10-6-7-12(17)9-13(10)18-14(23)19-15-20-21-16(24-15)22-8-4-3-5-11(22)2/h6-7,9,11H,3-5,8H2,1-2H3,(H2,18,19,20,23)/t11-/m1/s1. The van der Waals surface area contributed by atoms with Gasteiger partial charge in [0.25, 0.3) is 0 Å². The third-order valence-corrected chi connectivity index (χ3v) is 5.24. The summed E-state index contributed by atoms with van der Waals surface area (Å²) in [5.74, 6) is 0. The zero-order chi connectivity index (χ0) is 17.1. The number of nitrogens with one attached hydrogen (secondary N) is 2. The van der Waals surface area contributed by atoms with Crippen molar-refractivity contribution in [3.63, 3.8) is 0 Å². The molecular weight excluding hydrogens is 346 g/mol. The zero-order valence-corrected chi connectivity index (χ0v) is 15.2. The van der Waals surface area contributed by atoms with Crippen molar-refractivity contribution in [2.24, 2.45) is 0 Å². The molecule has 2 heterocycles. The van der Waals surface area contributed by atoms with E-state index in [1.165, 1.54) is 24.2 Å². The molecule has 1 aliphatic rings. The molecular formula is C16H20ClN5OS. The van der Waals surface area contributed by atoms with Gasteiger partial charge in [-0.25, -0.2) is 4.79 Å². The molecule has 0 bridgehead atoms. The Labute approximate surface area is 150 Å². The van der Waals surface area contributed by atoms with Crippen LogP contribution in [0.25, 0.3) is 0 Å². The highest BCUT2D eigenvalue weighted by Crippen LogP contribution is 2.29. The number of rotatable bonds is 3. The molecule has 2 aromatic rings. The normalized spacial score (nSPS) is 17.6. The summed E-state index contributed by atoms with van der Waals surface area (Å²) in [7, 11) is 0. The highest BCUT2D eigenvalue weighted by Gasteiger charge is 2.22. The summed E-state index contributed by atoms with van der Waals surface area (Å²) in [4.78, 5) is 14.4. The van der Waals surface area contributed by atoms with Gasteiger partial charge in [0.2, 0.25) is 10.3 Å². The fourth-order valence-electron chi connectivity index (χ4n) is 2.74. The lowest BCUT2D eigenvalue weighted by Gasteiger charge is -2.32. The third kappa shape index (κ3) is 3.96. The molecule has 1 saturated heterocycles. The number of urea groups is 1. The van der Waals surface area contributed by atoms with Gasteiger partial charge in [0.1, 0.15) is 0 Å². The number of hydrogen-bond donors (Lipinski definition) is 2. The Morgan fingerprint density at radius 1 is 1.33 bits per heavy atom. The van der Waals surface area contributed by atoms with Crippen molar-refractivity contribution in [2.75, 3.05) is 22.1 Å². The van der Waals surface area contributed by atoms with Crippen LogP contribution in [0.4, 0.5) is 20.7 Å². The van der Waals surface area contributed by atoms with Gasteiger partial charge < -0.3 is 10.2 Å². The summed E-state index contributed by atoms with van der Waals surface area (Å²) < 4.78 is 0. The molecule has 2 amide bonds. The van der Waals surface area contributed by atoms with Gasteiger partial charge in [0.15, 0.2) is 0 Å². The maximum atomic E-state index is 12.2. The van der Waals surface area contributed by atoms with Crippen molar-refractivity contribution in [3.8, 4) is 0 Å². The molecule has 0 saturated carbocycles. The number of carbonyl (C=O) groups is 1. The quantitative estimate of drug-likeness (QED) is 0.838. The first-order valence-corrected chi connectivity index (χ1v) is 9.16. The number of aryl methyl sites for hydroxylation is 1. The van der Waals surface area contributed by atoms with E-state index in [0.717, 1.165) is 23.7 Å². The van der Waals surface area contributed by atoms with Crippen molar-refractivity contribution in [1.82, 2.24) is 10.2 Å². The molecule has 0 unspecified atom stereocenters. The van der Waals surface area contributed by atoms with E-state index >= 15 is 0 Å². The Hall–Kier alpha value is -1.86. The SMILES string of the molecule is Cc1ccc(Cl)cc1NC(=O)Nc1nnc(N2CCCC[C@H]2C)s1. The number of nitrogens with zero attached hydrogens (tertiary/aromatic N) is 3. The second-order valence-electron chi connectivity index (χ2n) is 5.97. The first kappa shape index (κ1) is 17.0. The Kier molecular flexibility index (Phi) is 5.20. The molecule has 3 rings (SSSR count). The number of piperidine rings is 1. The number of amides is 2. The number of halogens is 1. The Balaban J connectivity index is 1.64. The monoisotopic (exact) mass is 365 g/mol. The Bertz CT molecular complexity index is 735. The van der Waals surface area contributed by atoms with Gasteiger partial charge in [0.05, 0.1) is 0 Å². The molecule has 1 aliphatic heterocycles. The van der Waals surface area contributed by atoms with Crippen LogP contribution in [-0.2, 0) is 0 Å². The van der Waals surface area contributed by atoms with E-state index < -0.39 is 0 Å². The number of benzene rings is 1. The molecule has 2 N–H and O–H groups in total. The van der Waals surface area contributed by atoms with Crippen LogP contribution in [0.1, 0.15) is 31.7 Å². The second kappa shape index (κ2) is 7.36. The fourth-order valence-corrected chi connectivity index (χ4v) is 3.78. The minimum absolute atomic E-state index is 0.352. The molecule has 24 heavy (non-hydrogen) atoms. The minimum atomic E-state index is -0.352. The molecule has 8 heteroatoms. The average Bonchev–Trinajstić information content (AvgIpc) is 2.99.